The summed E-state index contributed by atoms with van der Waals surface area (Å²) < 4.78 is 16.0. The van der Waals surface area contributed by atoms with Gasteiger partial charge in [-0.3, -0.25) is 0 Å². The summed E-state index contributed by atoms with van der Waals surface area (Å²) in [5.74, 6) is 0. The van der Waals surface area contributed by atoms with E-state index >= 15 is 0 Å². The molecule has 0 spiro atoms. The molecule has 1 aliphatic rings. The lowest BCUT2D eigenvalue weighted by molar-refractivity contribution is 0.126. The van der Waals surface area contributed by atoms with Crippen LogP contribution in [0.4, 0.5) is 4.39 Å². The van der Waals surface area contributed by atoms with Gasteiger partial charge in [-0.05, 0) is 26.3 Å². The first-order chi connectivity index (χ1) is 6.62. The van der Waals surface area contributed by atoms with Crippen LogP contribution in [-0.2, 0) is 12.7 Å². The van der Waals surface area contributed by atoms with Crippen LogP contribution in [-0.4, -0.2) is 27.6 Å². The van der Waals surface area contributed by atoms with Crippen LogP contribution in [0.15, 0.2) is 6.20 Å². The van der Waals surface area contributed by atoms with E-state index in [-0.39, 0.29) is 6.04 Å². The fourth-order valence-corrected chi connectivity index (χ4v) is 2.06. The molecular weight excluding hydrogens is 183 g/mol. The molecule has 78 valence electrons. The summed E-state index contributed by atoms with van der Waals surface area (Å²) >= 11 is 0. The van der Waals surface area contributed by atoms with Crippen molar-refractivity contribution in [2.45, 2.75) is 31.5 Å². The minimum atomic E-state index is -1.38. The molecule has 2 heterocycles. The maximum absolute atomic E-state index is 14.5. The zero-order chi connectivity index (χ0) is 10.2. The SMILES string of the molecule is Cn1nncc1C(C)(F)C1CCCN1. The van der Waals surface area contributed by atoms with Gasteiger partial charge in [-0.25, -0.2) is 9.07 Å². The molecule has 0 amide bonds. The third-order valence-electron chi connectivity index (χ3n) is 2.93. The van der Waals surface area contributed by atoms with Crippen molar-refractivity contribution in [3.05, 3.63) is 11.9 Å². The van der Waals surface area contributed by atoms with Gasteiger partial charge in [-0.15, -0.1) is 5.10 Å². The van der Waals surface area contributed by atoms with Gasteiger partial charge in [0.2, 0.25) is 0 Å². The summed E-state index contributed by atoms with van der Waals surface area (Å²) in [6.45, 7) is 2.49. The Balaban J connectivity index is 2.26. The van der Waals surface area contributed by atoms with Gasteiger partial charge in [-0.1, -0.05) is 5.21 Å². The van der Waals surface area contributed by atoms with Gasteiger partial charge in [0.25, 0.3) is 0 Å². The average Bonchev–Trinajstić information content (AvgIpc) is 2.72. The van der Waals surface area contributed by atoms with Crippen LogP contribution in [0, 0.1) is 0 Å². The Kier molecular flexibility index (Phi) is 2.26. The first-order valence-corrected chi connectivity index (χ1v) is 4.90. The molecule has 2 atom stereocenters. The summed E-state index contributed by atoms with van der Waals surface area (Å²) in [4.78, 5) is 0. The smallest absolute Gasteiger partial charge is 0.166 e. The zero-order valence-corrected chi connectivity index (χ0v) is 8.50. The molecular formula is C9H15FN4. The first-order valence-electron chi connectivity index (χ1n) is 4.90. The van der Waals surface area contributed by atoms with Crippen molar-refractivity contribution < 1.29 is 4.39 Å². The van der Waals surface area contributed by atoms with Gasteiger partial charge in [0.15, 0.2) is 5.67 Å². The van der Waals surface area contributed by atoms with E-state index in [1.807, 2.05) is 0 Å². The van der Waals surface area contributed by atoms with E-state index < -0.39 is 5.67 Å². The number of rotatable bonds is 2. The molecule has 1 N–H and O–H groups in total. The van der Waals surface area contributed by atoms with E-state index in [0.717, 1.165) is 19.4 Å². The number of aryl methyl sites for hydroxylation is 1. The molecule has 1 aromatic rings. The van der Waals surface area contributed by atoms with Crippen molar-refractivity contribution in [2.24, 2.45) is 7.05 Å². The lowest BCUT2D eigenvalue weighted by Crippen LogP contribution is -2.40. The van der Waals surface area contributed by atoms with Gasteiger partial charge in [0, 0.05) is 13.1 Å². The molecule has 0 saturated carbocycles. The number of alkyl halides is 1. The summed E-state index contributed by atoms with van der Waals surface area (Å²) in [5, 5.41) is 10.6. The Hall–Kier alpha value is -0.970. The molecule has 0 aromatic carbocycles. The summed E-state index contributed by atoms with van der Waals surface area (Å²) in [5.41, 5.74) is -0.841. The minimum Gasteiger partial charge on any atom is -0.311 e. The standard InChI is InChI=1S/C9H15FN4/c1-9(10,7-4-3-5-11-7)8-6-12-13-14(8)2/h6-7,11H,3-5H2,1-2H3. The highest BCUT2D eigenvalue weighted by molar-refractivity contribution is 5.11. The van der Waals surface area contributed by atoms with E-state index in [1.54, 1.807) is 14.0 Å². The molecule has 14 heavy (non-hydrogen) atoms. The molecule has 0 aliphatic carbocycles. The van der Waals surface area contributed by atoms with Gasteiger partial charge < -0.3 is 5.32 Å². The number of halogens is 1. The Labute approximate surface area is 82.5 Å². The molecule has 1 saturated heterocycles. The van der Waals surface area contributed by atoms with Gasteiger partial charge in [0.1, 0.15) is 0 Å². The molecule has 2 unspecified atom stereocenters. The van der Waals surface area contributed by atoms with E-state index in [4.69, 9.17) is 0 Å². The van der Waals surface area contributed by atoms with Crippen molar-refractivity contribution in [3.63, 3.8) is 0 Å². The number of hydrogen-bond acceptors (Lipinski definition) is 3. The van der Waals surface area contributed by atoms with E-state index in [9.17, 15) is 4.39 Å². The average molecular weight is 198 g/mol. The Morgan fingerprint density at radius 1 is 1.71 bits per heavy atom. The maximum Gasteiger partial charge on any atom is 0.166 e. The van der Waals surface area contributed by atoms with E-state index in [2.05, 4.69) is 15.6 Å². The van der Waals surface area contributed by atoms with Crippen molar-refractivity contribution in [1.29, 1.82) is 0 Å². The molecule has 4 nitrogen and oxygen atoms in total. The second-order valence-electron chi connectivity index (χ2n) is 3.97. The zero-order valence-electron chi connectivity index (χ0n) is 8.50. The molecule has 1 aromatic heterocycles. The second-order valence-corrected chi connectivity index (χ2v) is 3.97. The highest BCUT2D eigenvalue weighted by Gasteiger charge is 2.40. The molecule has 1 aliphatic heterocycles. The lowest BCUT2D eigenvalue weighted by Gasteiger charge is -2.26. The molecule has 1 fully saturated rings. The molecule has 2 rings (SSSR count). The Morgan fingerprint density at radius 2 is 2.50 bits per heavy atom. The van der Waals surface area contributed by atoms with Crippen LogP contribution in [0.2, 0.25) is 0 Å². The monoisotopic (exact) mass is 198 g/mol. The van der Waals surface area contributed by atoms with E-state index in [1.165, 1.54) is 10.9 Å². The Morgan fingerprint density at radius 3 is 3.00 bits per heavy atom. The minimum absolute atomic E-state index is 0.111. The predicted octanol–water partition coefficient (Wildman–Crippen LogP) is 0.752. The van der Waals surface area contributed by atoms with Crippen molar-refractivity contribution in [2.75, 3.05) is 6.54 Å². The summed E-state index contributed by atoms with van der Waals surface area (Å²) in [6, 6.07) is -0.111. The number of nitrogens with zero attached hydrogens (tertiary/aromatic N) is 3. The van der Waals surface area contributed by atoms with Crippen LogP contribution in [0.25, 0.3) is 0 Å². The number of hydrogen-bond donors (Lipinski definition) is 1. The van der Waals surface area contributed by atoms with Crippen molar-refractivity contribution in [3.8, 4) is 0 Å². The van der Waals surface area contributed by atoms with Crippen molar-refractivity contribution >= 4 is 0 Å². The van der Waals surface area contributed by atoms with Crippen LogP contribution >= 0.6 is 0 Å². The summed E-state index contributed by atoms with van der Waals surface area (Å²) in [6.07, 6.45) is 3.41. The quantitative estimate of drug-likeness (QED) is 0.762. The number of nitrogens with one attached hydrogen (secondary N) is 1. The lowest BCUT2D eigenvalue weighted by atomic mass is 9.94. The van der Waals surface area contributed by atoms with E-state index in [0.29, 0.717) is 5.69 Å². The molecule has 5 heteroatoms. The highest BCUT2D eigenvalue weighted by Crippen LogP contribution is 2.32. The largest absolute Gasteiger partial charge is 0.311 e. The first kappa shape index (κ1) is 9.58. The summed E-state index contributed by atoms with van der Waals surface area (Å²) in [7, 11) is 1.72. The van der Waals surface area contributed by atoms with Crippen LogP contribution < -0.4 is 5.32 Å². The van der Waals surface area contributed by atoms with Gasteiger partial charge >= 0.3 is 0 Å². The van der Waals surface area contributed by atoms with Crippen LogP contribution in [0.5, 0.6) is 0 Å². The molecule has 0 radical (unpaired) electrons. The maximum atomic E-state index is 14.5. The van der Waals surface area contributed by atoms with Crippen molar-refractivity contribution in [1.82, 2.24) is 20.3 Å². The fraction of sp³-hybridized carbons (Fsp3) is 0.778. The van der Waals surface area contributed by atoms with Gasteiger partial charge in [-0.2, -0.15) is 0 Å². The molecule has 0 bridgehead atoms. The third-order valence-corrected chi connectivity index (χ3v) is 2.93. The second kappa shape index (κ2) is 3.31. The topological polar surface area (TPSA) is 42.7 Å². The highest BCUT2D eigenvalue weighted by atomic mass is 19.1. The van der Waals surface area contributed by atoms with Crippen LogP contribution in [0.1, 0.15) is 25.5 Å². The van der Waals surface area contributed by atoms with Crippen LogP contribution in [0.3, 0.4) is 0 Å². The third kappa shape index (κ3) is 1.41. The normalized spacial score (nSPS) is 26.4. The predicted molar refractivity (Wildman–Crippen MR) is 50.5 cm³/mol. The van der Waals surface area contributed by atoms with Gasteiger partial charge in [0.05, 0.1) is 11.9 Å². The number of aromatic nitrogens is 3. The fourth-order valence-electron chi connectivity index (χ4n) is 2.06. The Bertz CT molecular complexity index is 314.